The van der Waals surface area contributed by atoms with E-state index in [1.54, 1.807) is 4.68 Å². The van der Waals surface area contributed by atoms with E-state index in [2.05, 4.69) is 22.6 Å². The van der Waals surface area contributed by atoms with Gasteiger partial charge in [0.05, 0.1) is 11.7 Å². The molecule has 0 bridgehead atoms. The van der Waals surface area contributed by atoms with Gasteiger partial charge in [-0.15, -0.1) is 5.10 Å². The fourth-order valence-corrected chi connectivity index (χ4v) is 1.93. The average molecular weight is 248 g/mol. The summed E-state index contributed by atoms with van der Waals surface area (Å²) >= 11 is 0. The van der Waals surface area contributed by atoms with Crippen molar-refractivity contribution < 1.29 is 4.42 Å². The van der Waals surface area contributed by atoms with Crippen LogP contribution < -0.4 is 5.32 Å². The molecule has 2 aromatic rings. The van der Waals surface area contributed by atoms with Gasteiger partial charge >= 0.3 is 0 Å². The fraction of sp³-hybridized carbons (Fsp3) is 0.538. The van der Waals surface area contributed by atoms with Crippen molar-refractivity contribution in [2.45, 2.75) is 32.7 Å². The van der Waals surface area contributed by atoms with E-state index < -0.39 is 0 Å². The number of nitrogens with zero attached hydrogens (tertiary/aromatic N) is 3. The van der Waals surface area contributed by atoms with Crippen LogP contribution in [0.3, 0.4) is 0 Å². The second-order valence-corrected chi connectivity index (χ2v) is 4.54. The maximum absolute atomic E-state index is 5.70. The first-order chi connectivity index (χ1) is 8.69. The Hall–Kier alpha value is -1.62. The summed E-state index contributed by atoms with van der Waals surface area (Å²) in [6.45, 7) is 5.08. The van der Waals surface area contributed by atoms with Crippen molar-refractivity contribution in [2.24, 2.45) is 7.05 Å². The van der Waals surface area contributed by atoms with Gasteiger partial charge < -0.3 is 9.73 Å². The summed E-state index contributed by atoms with van der Waals surface area (Å²) in [5.74, 6) is 1.90. The lowest BCUT2D eigenvalue weighted by Gasteiger charge is -2.14. The van der Waals surface area contributed by atoms with Gasteiger partial charge in [0.2, 0.25) is 0 Å². The SMILES string of the molecule is CCCNC(Cc1cn(C)nn1)c1ccc(C)o1. The van der Waals surface area contributed by atoms with E-state index in [1.807, 2.05) is 32.3 Å². The largest absolute Gasteiger partial charge is 0.465 e. The molecule has 1 N–H and O–H groups in total. The minimum absolute atomic E-state index is 0.162. The zero-order chi connectivity index (χ0) is 13.0. The number of nitrogens with one attached hydrogen (secondary N) is 1. The number of furan rings is 1. The molecule has 0 spiro atoms. The van der Waals surface area contributed by atoms with Crippen LogP contribution in [-0.4, -0.2) is 21.5 Å². The molecule has 0 fully saturated rings. The predicted octanol–water partition coefficient (Wildman–Crippen LogP) is 2.00. The van der Waals surface area contributed by atoms with Crippen LogP contribution in [0.15, 0.2) is 22.7 Å². The number of aryl methyl sites for hydroxylation is 2. The molecule has 2 rings (SSSR count). The van der Waals surface area contributed by atoms with E-state index in [0.29, 0.717) is 0 Å². The second kappa shape index (κ2) is 5.82. The monoisotopic (exact) mass is 248 g/mol. The molecule has 98 valence electrons. The fourth-order valence-electron chi connectivity index (χ4n) is 1.93. The van der Waals surface area contributed by atoms with Crippen LogP contribution in [0.1, 0.15) is 36.6 Å². The minimum atomic E-state index is 0.162. The van der Waals surface area contributed by atoms with E-state index in [-0.39, 0.29) is 6.04 Å². The smallest absolute Gasteiger partial charge is 0.121 e. The molecule has 0 aliphatic carbocycles. The van der Waals surface area contributed by atoms with Gasteiger partial charge in [-0.05, 0) is 32.0 Å². The van der Waals surface area contributed by atoms with E-state index in [9.17, 15) is 0 Å². The first-order valence-corrected chi connectivity index (χ1v) is 6.34. The first-order valence-electron chi connectivity index (χ1n) is 6.34. The molecule has 0 aromatic carbocycles. The highest BCUT2D eigenvalue weighted by Gasteiger charge is 2.16. The van der Waals surface area contributed by atoms with Gasteiger partial charge in [-0.1, -0.05) is 12.1 Å². The summed E-state index contributed by atoms with van der Waals surface area (Å²) in [6.07, 6.45) is 3.83. The van der Waals surface area contributed by atoms with Crippen LogP contribution in [0, 0.1) is 6.92 Å². The van der Waals surface area contributed by atoms with Gasteiger partial charge in [0.1, 0.15) is 11.5 Å². The van der Waals surface area contributed by atoms with Gasteiger partial charge in [-0.3, -0.25) is 4.68 Å². The lowest BCUT2D eigenvalue weighted by atomic mass is 10.1. The molecule has 0 saturated heterocycles. The molecular formula is C13H20N4O. The lowest BCUT2D eigenvalue weighted by Crippen LogP contribution is -2.23. The molecule has 18 heavy (non-hydrogen) atoms. The molecule has 5 heteroatoms. The highest BCUT2D eigenvalue weighted by atomic mass is 16.3. The van der Waals surface area contributed by atoms with Gasteiger partial charge in [0, 0.05) is 19.7 Å². The van der Waals surface area contributed by atoms with E-state index in [0.717, 1.165) is 36.6 Å². The molecule has 0 aliphatic rings. The Morgan fingerprint density at radius 3 is 2.83 bits per heavy atom. The van der Waals surface area contributed by atoms with Gasteiger partial charge in [0.25, 0.3) is 0 Å². The Morgan fingerprint density at radius 2 is 2.28 bits per heavy atom. The third-order valence-corrected chi connectivity index (χ3v) is 2.81. The van der Waals surface area contributed by atoms with Crippen molar-refractivity contribution >= 4 is 0 Å². The summed E-state index contributed by atoms with van der Waals surface area (Å²) < 4.78 is 7.43. The maximum atomic E-state index is 5.70. The van der Waals surface area contributed by atoms with Crippen molar-refractivity contribution in [2.75, 3.05) is 6.54 Å². The average Bonchev–Trinajstić information content (AvgIpc) is 2.93. The normalized spacial score (nSPS) is 12.8. The Labute approximate surface area is 107 Å². The van der Waals surface area contributed by atoms with Crippen LogP contribution in [0.2, 0.25) is 0 Å². The number of hydrogen-bond acceptors (Lipinski definition) is 4. The number of aromatic nitrogens is 3. The van der Waals surface area contributed by atoms with Crippen molar-refractivity contribution in [3.05, 3.63) is 35.5 Å². The van der Waals surface area contributed by atoms with Crippen molar-refractivity contribution in [3.63, 3.8) is 0 Å². The summed E-state index contributed by atoms with van der Waals surface area (Å²) in [5, 5.41) is 11.6. The summed E-state index contributed by atoms with van der Waals surface area (Å²) in [7, 11) is 1.88. The quantitative estimate of drug-likeness (QED) is 0.849. The topological polar surface area (TPSA) is 55.9 Å². The predicted molar refractivity (Wildman–Crippen MR) is 69.2 cm³/mol. The van der Waals surface area contributed by atoms with Crippen LogP contribution in [0.4, 0.5) is 0 Å². The zero-order valence-electron chi connectivity index (χ0n) is 11.2. The highest BCUT2D eigenvalue weighted by molar-refractivity contribution is 5.12. The Bertz CT molecular complexity index is 489. The maximum Gasteiger partial charge on any atom is 0.121 e. The van der Waals surface area contributed by atoms with Crippen molar-refractivity contribution in [1.29, 1.82) is 0 Å². The standard InChI is InChI=1S/C13H20N4O/c1-4-7-14-12(13-6-5-10(2)18-13)8-11-9-17(3)16-15-11/h5-6,9,12,14H,4,7-8H2,1-3H3. The third kappa shape index (κ3) is 3.20. The molecule has 2 heterocycles. The zero-order valence-corrected chi connectivity index (χ0v) is 11.2. The molecule has 1 atom stereocenters. The van der Waals surface area contributed by atoms with E-state index in [1.165, 1.54) is 0 Å². The van der Waals surface area contributed by atoms with E-state index in [4.69, 9.17) is 4.42 Å². The molecule has 0 aliphatic heterocycles. The summed E-state index contributed by atoms with van der Waals surface area (Å²) in [4.78, 5) is 0. The first kappa shape index (κ1) is 12.8. The molecule has 0 radical (unpaired) electrons. The van der Waals surface area contributed by atoms with Crippen LogP contribution in [0.5, 0.6) is 0 Å². The van der Waals surface area contributed by atoms with Crippen molar-refractivity contribution in [3.8, 4) is 0 Å². The number of rotatable bonds is 6. The van der Waals surface area contributed by atoms with Gasteiger partial charge in [-0.2, -0.15) is 0 Å². The van der Waals surface area contributed by atoms with Crippen LogP contribution in [0.25, 0.3) is 0 Å². The Morgan fingerprint density at radius 1 is 1.44 bits per heavy atom. The van der Waals surface area contributed by atoms with Crippen LogP contribution in [-0.2, 0) is 13.5 Å². The second-order valence-electron chi connectivity index (χ2n) is 4.54. The minimum Gasteiger partial charge on any atom is -0.465 e. The molecule has 0 amide bonds. The summed E-state index contributed by atoms with van der Waals surface area (Å²) in [5.41, 5.74) is 0.972. The van der Waals surface area contributed by atoms with E-state index >= 15 is 0 Å². The highest BCUT2D eigenvalue weighted by Crippen LogP contribution is 2.19. The van der Waals surface area contributed by atoms with Gasteiger partial charge in [-0.25, -0.2) is 0 Å². The molecule has 0 saturated carbocycles. The lowest BCUT2D eigenvalue weighted by molar-refractivity contribution is 0.396. The molecule has 2 aromatic heterocycles. The molecule has 5 nitrogen and oxygen atoms in total. The molecular weight excluding hydrogens is 228 g/mol. The summed E-state index contributed by atoms with van der Waals surface area (Å²) in [6, 6.07) is 4.18. The van der Waals surface area contributed by atoms with Gasteiger partial charge in [0.15, 0.2) is 0 Å². The Balaban J connectivity index is 2.09. The number of hydrogen-bond donors (Lipinski definition) is 1. The van der Waals surface area contributed by atoms with Crippen LogP contribution >= 0.6 is 0 Å². The Kier molecular flexibility index (Phi) is 4.15. The third-order valence-electron chi connectivity index (χ3n) is 2.81. The van der Waals surface area contributed by atoms with Crippen molar-refractivity contribution in [1.82, 2.24) is 20.3 Å². The molecule has 1 unspecified atom stereocenters.